The molecule has 33 heavy (non-hydrogen) atoms. The first-order chi connectivity index (χ1) is 16.0. The van der Waals surface area contributed by atoms with E-state index in [-0.39, 0.29) is 11.8 Å². The molecule has 4 rings (SSSR count). The average molecular weight is 487 g/mol. The SMILES string of the molecule is COc1ccc(NS(=O)c2cc(-c3sc(NC(=O)C4CCCC4)nc3C)ccc2OC)nc1. The molecule has 2 aromatic heterocycles. The molecule has 1 atom stereocenters. The maximum Gasteiger partial charge on any atom is 0.229 e. The van der Waals surface area contributed by atoms with Gasteiger partial charge in [-0.1, -0.05) is 24.2 Å². The molecule has 1 saturated carbocycles. The van der Waals surface area contributed by atoms with Crippen molar-refractivity contribution in [3.63, 3.8) is 0 Å². The molecule has 0 aliphatic heterocycles. The lowest BCUT2D eigenvalue weighted by atomic mass is 10.1. The maximum atomic E-state index is 13.1. The van der Waals surface area contributed by atoms with Crippen molar-refractivity contribution >= 4 is 39.2 Å². The van der Waals surface area contributed by atoms with E-state index in [9.17, 15) is 9.00 Å². The Bertz CT molecular complexity index is 1160. The van der Waals surface area contributed by atoms with Crippen LogP contribution in [0, 0.1) is 12.8 Å². The van der Waals surface area contributed by atoms with Crippen molar-refractivity contribution in [2.45, 2.75) is 37.5 Å². The summed E-state index contributed by atoms with van der Waals surface area (Å²) < 4.78 is 26.5. The number of nitrogens with zero attached hydrogens (tertiary/aromatic N) is 2. The monoisotopic (exact) mass is 486 g/mol. The van der Waals surface area contributed by atoms with Gasteiger partial charge in [-0.25, -0.2) is 14.2 Å². The smallest absolute Gasteiger partial charge is 0.229 e. The highest BCUT2D eigenvalue weighted by molar-refractivity contribution is 7.86. The summed E-state index contributed by atoms with van der Waals surface area (Å²) in [4.78, 5) is 22.6. The third-order valence-electron chi connectivity index (χ3n) is 5.55. The fourth-order valence-corrected chi connectivity index (χ4v) is 5.74. The second kappa shape index (κ2) is 10.3. The first kappa shape index (κ1) is 23.2. The van der Waals surface area contributed by atoms with E-state index in [1.807, 2.05) is 19.1 Å². The quantitative estimate of drug-likeness (QED) is 0.474. The number of carbonyl (C=O) groups excluding carboxylic acids is 1. The van der Waals surface area contributed by atoms with Crippen LogP contribution in [0.2, 0.25) is 0 Å². The van der Waals surface area contributed by atoms with Gasteiger partial charge in [0.25, 0.3) is 0 Å². The predicted octanol–water partition coefficient (Wildman–Crippen LogP) is 4.79. The van der Waals surface area contributed by atoms with Gasteiger partial charge in [-0.2, -0.15) is 0 Å². The number of pyridine rings is 1. The van der Waals surface area contributed by atoms with E-state index in [1.165, 1.54) is 18.4 Å². The molecule has 3 aromatic rings. The Morgan fingerprint density at radius 1 is 1.15 bits per heavy atom. The number of nitrogens with one attached hydrogen (secondary N) is 2. The van der Waals surface area contributed by atoms with Gasteiger partial charge in [0.05, 0.1) is 31.0 Å². The van der Waals surface area contributed by atoms with E-state index in [0.29, 0.717) is 27.3 Å². The molecule has 1 aliphatic carbocycles. The molecule has 0 radical (unpaired) electrons. The van der Waals surface area contributed by atoms with Crippen molar-refractivity contribution in [1.82, 2.24) is 9.97 Å². The number of aryl methyl sites for hydroxylation is 1. The van der Waals surface area contributed by atoms with Crippen molar-refractivity contribution in [2.75, 3.05) is 24.3 Å². The number of thiazole rings is 1. The van der Waals surface area contributed by atoms with Gasteiger partial charge < -0.3 is 14.8 Å². The normalized spacial score (nSPS) is 14.6. The van der Waals surface area contributed by atoms with Crippen LogP contribution in [0.3, 0.4) is 0 Å². The van der Waals surface area contributed by atoms with E-state index in [2.05, 4.69) is 20.0 Å². The lowest BCUT2D eigenvalue weighted by Crippen LogP contribution is -2.20. The van der Waals surface area contributed by atoms with E-state index in [1.54, 1.807) is 31.5 Å². The number of methoxy groups -OCH3 is 2. The number of aromatic nitrogens is 2. The first-order valence-corrected chi connectivity index (χ1v) is 12.6. The molecular formula is C23H26N4O4S2. The fourth-order valence-electron chi connectivity index (χ4n) is 3.79. The number of carbonyl (C=O) groups is 1. The summed E-state index contributed by atoms with van der Waals surface area (Å²) in [7, 11) is 1.49. The van der Waals surface area contributed by atoms with E-state index >= 15 is 0 Å². The maximum absolute atomic E-state index is 13.1. The summed E-state index contributed by atoms with van der Waals surface area (Å²) in [5.74, 6) is 1.68. The largest absolute Gasteiger partial charge is 0.495 e. The second-order valence-corrected chi connectivity index (χ2v) is 9.90. The van der Waals surface area contributed by atoms with Gasteiger partial charge in [-0.05, 0) is 55.7 Å². The molecule has 0 saturated heterocycles. The highest BCUT2D eigenvalue weighted by Crippen LogP contribution is 2.37. The standard InChI is InChI=1S/C23H26N4O4S2/c1-14-21(32-23(25-14)26-22(28)15-6-4-5-7-15)16-8-10-18(31-3)19(12-16)33(29)27-20-11-9-17(30-2)13-24-20/h8-13,15H,4-7H2,1-3H3,(H,24,27)(H,25,26,28). The zero-order valence-electron chi connectivity index (χ0n) is 18.7. The van der Waals surface area contributed by atoms with Crippen molar-refractivity contribution in [2.24, 2.45) is 5.92 Å². The van der Waals surface area contributed by atoms with Crippen LogP contribution < -0.4 is 19.5 Å². The zero-order valence-corrected chi connectivity index (χ0v) is 20.3. The summed E-state index contributed by atoms with van der Waals surface area (Å²) in [6.07, 6.45) is 5.63. The third-order valence-corrected chi connectivity index (χ3v) is 7.78. The number of anilines is 2. The summed E-state index contributed by atoms with van der Waals surface area (Å²) >= 11 is 1.41. The van der Waals surface area contributed by atoms with Crippen LogP contribution in [0.25, 0.3) is 10.4 Å². The van der Waals surface area contributed by atoms with Gasteiger partial charge in [-0.15, -0.1) is 0 Å². The second-order valence-electron chi connectivity index (χ2n) is 7.72. The molecule has 1 amide bonds. The number of ether oxygens (including phenoxy) is 2. The van der Waals surface area contributed by atoms with Crippen molar-refractivity contribution < 1.29 is 18.5 Å². The first-order valence-electron chi connectivity index (χ1n) is 10.6. The van der Waals surface area contributed by atoms with Crippen LogP contribution in [0.1, 0.15) is 31.4 Å². The molecular weight excluding hydrogens is 460 g/mol. The molecule has 0 spiro atoms. The summed E-state index contributed by atoms with van der Waals surface area (Å²) in [6, 6.07) is 8.92. The lowest BCUT2D eigenvalue weighted by molar-refractivity contribution is -0.119. The van der Waals surface area contributed by atoms with Gasteiger partial charge in [-0.3, -0.25) is 9.52 Å². The summed E-state index contributed by atoms with van der Waals surface area (Å²) in [5, 5.41) is 3.55. The third kappa shape index (κ3) is 5.33. The molecule has 174 valence electrons. The summed E-state index contributed by atoms with van der Waals surface area (Å²) in [5.41, 5.74) is 1.65. The van der Waals surface area contributed by atoms with E-state index < -0.39 is 11.0 Å². The number of benzene rings is 1. The van der Waals surface area contributed by atoms with Gasteiger partial charge in [0, 0.05) is 5.92 Å². The van der Waals surface area contributed by atoms with Crippen LogP contribution in [0.5, 0.6) is 11.5 Å². The van der Waals surface area contributed by atoms with Crippen LogP contribution in [-0.4, -0.2) is 34.3 Å². The molecule has 1 aromatic carbocycles. The van der Waals surface area contributed by atoms with Gasteiger partial charge >= 0.3 is 0 Å². The van der Waals surface area contributed by atoms with Crippen LogP contribution in [0.4, 0.5) is 10.9 Å². The Hall–Kier alpha value is -2.98. The highest BCUT2D eigenvalue weighted by Gasteiger charge is 2.24. The van der Waals surface area contributed by atoms with Crippen LogP contribution in [0.15, 0.2) is 41.4 Å². The Morgan fingerprint density at radius 3 is 2.61 bits per heavy atom. The molecule has 8 nitrogen and oxygen atoms in total. The Morgan fingerprint density at radius 2 is 1.94 bits per heavy atom. The van der Waals surface area contributed by atoms with Crippen LogP contribution in [-0.2, 0) is 15.8 Å². The zero-order chi connectivity index (χ0) is 23.4. The fraction of sp³-hybridized carbons (Fsp3) is 0.348. The Kier molecular flexibility index (Phi) is 7.24. The number of hydrogen-bond acceptors (Lipinski definition) is 7. The molecule has 0 bridgehead atoms. The highest BCUT2D eigenvalue weighted by atomic mass is 32.2. The van der Waals surface area contributed by atoms with E-state index in [4.69, 9.17) is 9.47 Å². The molecule has 1 unspecified atom stereocenters. The van der Waals surface area contributed by atoms with Crippen molar-refractivity contribution in [1.29, 1.82) is 0 Å². The lowest BCUT2D eigenvalue weighted by Gasteiger charge is -2.11. The van der Waals surface area contributed by atoms with Crippen molar-refractivity contribution in [3.8, 4) is 21.9 Å². The number of amides is 1. The molecule has 2 heterocycles. The summed E-state index contributed by atoms with van der Waals surface area (Å²) in [6.45, 7) is 1.90. The van der Waals surface area contributed by atoms with Crippen molar-refractivity contribution in [3.05, 3.63) is 42.2 Å². The van der Waals surface area contributed by atoms with Gasteiger partial charge in [0.2, 0.25) is 5.91 Å². The van der Waals surface area contributed by atoms with Gasteiger partial charge in [0.1, 0.15) is 22.2 Å². The molecule has 1 fully saturated rings. The predicted molar refractivity (Wildman–Crippen MR) is 130 cm³/mol. The number of hydrogen-bond donors (Lipinski definition) is 2. The molecule has 1 aliphatic rings. The van der Waals surface area contributed by atoms with Gasteiger partial charge in [0.15, 0.2) is 16.1 Å². The molecule has 2 N–H and O–H groups in total. The minimum atomic E-state index is -1.61. The topological polar surface area (TPSA) is 102 Å². The Balaban J connectivity index is 1.56. The van der Waals surface area contributed by atoms with E-state index in [0.717, 1.165) is 41.8 Å². The number of rotatable bonds is 8. The minimum Gasteiger partial charge on any atom is -0.495 e. The average Bonchev–Trinajstić information content (AvgIpc) is 3.49. The Labute approximate surface area is 199 Å². The van der Waals surface area contributed by atoms with Crippen LogP contribution >= 0.6 is 11.3 Å². The minimum absolute atomic E-state index is 0.0421. The molecule has 10 heteroatoms.